The number of rotatable bonds is 2. The zero-order chi connectivity index (χ0) is 11.7. The lowest BCUT2D eigenvalue weighted by molar-refractivity contribution is 0.572. The van der Waals surface area contributed by atoms with Gasteiger partial charge in [-0.15, -0.1) is 0 Å². The zero-order valence-electron chi connectivity index (χ0n) is 9.58. The molecule has 0 bridgehead atoms. The molecule has 0 saturated carbocycles. The van der Waals surface area contributed by atoms with Gasteiger partial charge in [-0.1, -0.05) is 18.5 Å². The van der Waals surface area contributed by atoms with E-state index in [-0.39, 0.29) is 5.82 Å². The summed E-state index contributed by atoms with van der Waals surface area (Å²) in [7, 11) is 0. The molecule has 1 aliphatic rings. The van der Waals surface area contributed by atoms with Crippen molar-refractivity contribution in [1.29, 1.82) is 0 Å². The summed E-state index contributed by atoms with van der Waals surface area (Å²) in [6.07, 6.45) is 4.75. The van der Waals surface area contributed by atoms with E-state index in [1.165, 1.54) is 12.3 Å². The highest BCUT2D eigenvalue weighted by molar-refractivity contribution is 6.30. The van der Waals surface area contributed by atoms with Crippen molar-refractivity contribution in [1.82, 2.24) is 4.98 Å². The van der Waals surface area contributed by atoms with Crippen LogP contribution >= 0.6 is 11.6 Å². The molecule has 2 rings (SSSR count). The topological polar surface area (TPSA) is 16.1 Å². The lowest BCUT2D eigenvalue weighted by Crippen LogP contribution is -2.35. The van der Waals surface area contributed by atoms with E-state index in [1.807, 2.05) is 0 Å². The minimum Gasteiger partial charge on any atom is -0.349 e. The van der Waals surface area contributed by atoms with Gasteiger partial charge in [0, 0.05) is 18.3 Å². The van der Waals surface area contributed by atoms with Gasteiger partial charge in [0.15, 0.2) is 11.6 Å². The fourth-order valence-corrected chi connectivity index (χ4v) is 2.60. The minimum absolute atomic E-state index is 0.320. The Balaban J connectivity index is 2.34. The minimum atomic E-state index is -0.320. The van der Waals surface area contributed by atoms with Gasteiger partial charge in [-0.2, -0.15) is 0 Å². The van der Waals surface area contributed by atoms with Crippen molar-refractivity contribution in [3.8, 4) is 0 Å². The second-order valence-corrected chi connectivity index (χ2v) is 4.79. The summed E-state index contributed by atoms with van der Waals surface area (Å²) >= 11 is 5.71. The van der Waals surface area contributed by atoms with Gasteiger partial charge >= 0.3 is 0 Å². The summed E-state index contributed by atoms with van der Waals surface area (Å²) < 4.78 is 13.8. The first-order chi connectivity index (χ1) is 7.63. The van der Waals surface area contributed by atoms with Crippen LogP contribution in [0.2, 0.25) is 5.02 Å². The Morgan fingerprint density at radius 3 is 2.94 bits per heavy atom. The summed E-state index contributed by atoms with van der Waals surface area (Å²) in [4.78, 5) is 6.22. The molecule has 1 saturated heterocycles. The molecule has 0 spiro atoms. The Labute approximate surface area is 100 Å². The number of hydrogen-bond donors (Lipinski definition) is 0. The average molecular weight is 243 g/mol. The summed E-state index contributed by atoms with van der Waals surface area (Å²) in [6, 6.07) is 2.09. The van der Waals surface area contributed by atoms with Crippen LogP contribution < -0.4 is 4.90 Å². The number of halogens is 2. The molecule has 0 radical (unpaired) electrons. The molecule has 1 fully saturated rings. The van der Waals surface area contributed by atoms with Crippen LogP contribution in [0.3, 0.4) is 0 Å². The van der Waals surface area contributed by atoms with E-state index in [4.69, 9.17) is 11.6 Å². The molecule has 88 valence electrons. The first-order valence-corrected chi connectivity index (χ1v) is 6.10. The van der Waals surface area contributed by atoms with Crippen molar-refractivity contribution in [2.75, 3.05) is 4.90 Å². The van der Waals surface area contributed by atoms with Crippen LogP contribution in [0, 0.1) is 5.82 Å². The number of anilines is 1. The maximum atomic E-state index is 13.8. The van der Waals surface area contributed by atoms with Gasteiger partial charge < -0.3 is 4.90 Å². The van der Waals surface area contributed by atoms with Gasteiger partial charge in [-0.3, -0.25) is 0 Å². The van der Waals surface area contributed by atoms with Crippen molar-refractivity contribution < 1.29 is 4.39 Å². The van der Waals surface area contributed by atoms with Gasteiger partial charge in [0.25, 0.3) is 0 Å². The highest BCUT2D eigenvalue weighted by Gasteiger charge is 2.31. The molecule has 1 aromatic rings. The highest BCUT2D eigenvalue weighted by Crippen LogP contribution is 2.32. The molecule has 0 aliphatic carbocycles. The van der Waals surface area contributed by atoms with Crippen LogP contribution in [0.1, 0.15) is 33.1 Å². The molecule has 0 N–H and O–H groups in total. The quantitative estimate of drug-likeness (QED) is 0.787. The third-order valence-electron chi connectivity index (χ3n) is 3.29. The lowest BCUT2D eigenvalue weighted by Gasteiger charge is -2.29. The van der Waals surface area contributed by atoms with Crippen LogP contribution in [0.4, 0.5) is 10.2 Å². The third-order valence-corrected chi connectivity index (χ3v) is 3.50. The van der Waals surface area contributed by atoms with Crippen LogP contribution in [0.25, 0.3) is 0 Å². The van der Waals surface area contributed by atoms with Crippen LogP contribution in [0.5, 0.6) is 0 Å². The number of aromatic nitrogens is 1. The predicted molar refractivity (Wildman–Crippen MR) is 64.5 cm³/mol. The normalized spacial score (nSPS) is 25.1. The Morgan fingerprint density at radius 2 is 2.31 bits per heavy atom. The molecule has 0 aromatic carbocycles. The Hall–Kier alpha value is -0.830. The second-order valence-electron chi connectivity index (χ2n) is 4.35. The van der Waals surface area contributed by atoms with Gasteiger partial charge in [0.1, 0.15) is 0 Å². The largest absolute Gasteiger partial charge is 0.349 e. The smallest absolute Gasteiger partial charge is 0.167 e. The summed E-state index contributed by atoms with van der Waals surface area (Å²) in [5.74, 6) is 0.126. The fourth-order valence-electron chi connectivity index (χ4n) is 2.45. The van der Waals surface area contributed by atoms with E-state index in [9.17, 15) is 4.39 Å². The van der Waals surface area contributed by atoms with E-state index in [1.54, 1.807) is 0 Å². The van der Waals surface area contributed by atoms with Crippen molar-refractivity contribution in [2.45, 2.75) is 45.2 Å². The lowest BCUT2D eigenvalue weighted by atomic mass is 10.1. The molecule has 1 aromatic heterocycles. The van der Waals surface area contributed by atoms with Crippen LogP contribution in [0.15, 0.2) is 12.3 Å². The van der Waals surface area contributed by atoms with Crippen LogP contribution in [-0.2, 0) is 0 Å². The standard InChI is InChI=1S/C12H16ClFN2/c1-3-10-5-4-8(2)16(10)12-11(14)6-9(13)7-15-12/h6-8,10H,3-5H2,1-2H3. The molecule has 1 aliphatic heterocycles. The van der Waals surface area contributed by atoms with Gasteiger partial charge in [0.05, 0.1) is 5.02 Å². The van der Waals surface area contributed by atoms with Crippen molar-refractivity contribution in [2.24, 2.45) is 0 Å². The maximum Gasteiger partial charge on any atom is 0.167 e. The SMILES string of the molecule is CCC1CCC(C)N1c1ncc(Cl)cc1F. The third kappa shape index (κ3) is 2.01. The van der Waals surface area contributed by atoms with E-state index in [0.29, 0.717) is 22.9 Å². The number of nitrogens with zero attached hydrogens (tertiary/aromatic N) is 2. The second kappa shape index (κ2) is 4.58. The summed E-state index contributed by atoms with van der Waals surface area (Å²) in [5, 5.41) is 0.348. The number of pyridine rings is 1. The first-order valence-electron chi connectivity index (χ1n) is 5.73. The predicted octanol–water partition coefficient (Wildman–Crippen LogP) is 3.64. The molecular formula is C12H16ClFN2. The molecule has 4 heteroatoms. The first kappa shape index (κ1) is 11.6. The molecule has 16 heavy (non-hydrogen) atoms. The number of hydrogen-bond acceptors (Lipinski definition) is 2. The Kier molecular flexibility index (Phi) is 3.33. The molecule has 2 unspecified atom stereocenters. The van der Waals surface area contributed by atoms with E-state index >= 15 is 0 Å². The van der Waals surface area contributed by atoms with Crippen molar-refractivity contribution in [3.05, 3.63) is 23.1 Å². The maximum absolute atomic E-state index is 13.8. The Morgan fingerprint density at radius 1 is 1.56 bits per heavy atom. The summed E-state index contributed by atoms with van der Waals surface area (Å²) in [5.41, 5.74) is 0. The van der Waals surface area contributed by atoms with Crippen LogP contribution in [-0.4, -0.2) is 17.1 Å². The van der Waals surface area contributed by atoms with Gasteiger partial charge in [0.2, 0.25) is 0 Å². The van der Waals surface area contributed by atoms with Gasteiger partial charge in [-0.25, -0.2) is 9.37 Å². The summed E-state index contributed by atoms with van der Waals surface area (Å²) in [6.45, 7) is 4.24. The molecular weight excluding hydrogens is 227 g/mol. The monoisotopic (exact) mass is 242 g/mol. The zero-order valence-corrected chi connectivity index (χ0v) is 10.3. The van der Waals surface area contributed by atoms with E-state index in [2.05, 4.69) is 23.7 Å². The van der Waals surface area contributed by atoms with E-state index < -0.39 is 0 Å². The molecule has 0 amide bonds. The van der Waals surface area contributed by atoms with Crippen molar-refractivity contribution >= 4 is 17.4 Å². The Bertz CT molecular complexity index is 383. The molecule has 2 nitrogen and oxygen atoms in total. The molecule has 2 heterocycles. The highest BCUT2D eigenvalue weighted by atomic mass is 35.5. The average Bonchev–Trinajstić information content (AvgIpc) is 2.60. The fraction of sp³-hybridized carbons (Fsp3) is 0.583. The van der Waals surface area contributed by atoms with Gasteiger partial charge in [-0.05, 0) is 32.3 Å². The van der Waals surface area contributed by atoms with Crippen molar-refractivity contribution in [3.63, 3.8) is 0 Å². The molecule has 2 atom stereocenters. The van der Waals surface area contributed by atoms with E-state index in [0.717, 1.165) is 19.3 Å².